The zero-order valence-corrected chi connectivity index (χ0v) is 14.8. The van der Waals surface area contributed by atoms with E-state index in [2.05, 4.69) is 0 Å². The largest absolute Gasteiger partial charge is 0.396 e. The molecule has 0 aromatic rings. The van der Waals surface area contributed by atoms with Gasteiger partial charge >= 0.3 is 0 Å². The lowest BCUT2D eigenvalue weighted by Crippen LogP contribution is -2.27. The van der Waals surface area contributed by atoms with Gasteiger partial charge in [0.2, 0.25) is 0 Å². The summed E-state index contributed by atoms with van der Waals surface area (Å²) in [6.45, 7) is 1.68. The molecule has 6 heteroatoms. The van der Waals surface area contributed by atoms with Crippen molar-refractivity contribution in [3.8, 4) is 0 Å². The molecule has 144 valence electrons. The number of aliphatic hydroxyl groups excluding tert-OH is 4. The van der Waals surface area contributed by atoms with Gasteiger partial charge in [-0.05, 0) is 56.8 Å². The molecule has 24 heavy (non-hydrogen) atoms. The van der Waals surface area contributed by atoms with E-state index in [-0.39, 0.29) is 25.4 Å². The monoisotopic (exact) mass is 348 g/mol. The second-order valence-corrected chi connectivity index (χ2v) is 6.85. The van der Waals surface area contributed by atoms with Crippen molar-refractivity contribution >= 4 is 0 Å². The number of hydrogen-bond acceptors (Lipinski definition) is 6. The van der Waals surface area contributed by atoms with Crippen molar-refractivity contribution in [1.29, 1.82) is 0 Å². The fourth-order valence-electron chi connectivity index (χ4n) is 3.54. The molecule has 4 N–H and O–H groups in total. The first kappa shape index (κ1) is 21.8. The molecular weight excluding hydrogens is 312 g/mol. The maximum atomic E-state index is 8.82. The summed E-state index contributed by atoms with van der Waals surface area (Å²) in [5.74, 6) is 0.928. The molecule has 0 aromatic carbocycles. The van der Waals surface area contributed by atoms with Crippen molar-refractivity contribution < 1.29 is 29.9 Å². The Morgan fingerprint density at radius 3 is 1.38 bits per heavy atom. The quantitative estimate of drug-likeness (QED) is 0.524. The highest BCUT2D eigenvalue weighted by Gasteiger charge is 2.21. The molecule has 0 bridgehead atoms. The average molecular weight is 348 g/mol. The Morgan fingerprint density at radius 1 is 0.625 bits per heavy atom. The Morgan fingerprint density at radius 2 is 1.04 bits per heavy atom. The highest BCUT2D eigenvalue weighted by atomic mass is 16.5. The van der Waals surface area contributed by atoms with Crippen LogP contribution < -0.4 is 0 Å². The van der Waals surface area contributed by atoms with Crippen LogP contribution in [0.15, 0.2) is 0 Å². The first-order chi connectivity index (χ1) is 11.7. The number of rotatable bonds is 8. The van der Waals surface area contributed by atoms with Gasteiger partial charge in [-0.3, -0.25) is 0 Å². The summed E-state index contributed by atoms with van der Waals surface area (Å²) in [6, 6.07) is 0. The lowest BCUT2D eigenvalue weighted by atomic mass is 9.82. The van der Waals surface area contributed by atoms with E-state index in [0.29, 0.717) is 38.3 Å². The van der Waals surface area contributed by atoms with Gasteiger partial charge in [0.25, 0.3) is 0 Å². The molecule has 0 heterocycles. The zero-order valence-electron chi connectivity index (χ0n) is 14.8. The van der Waals surface area contributed by atoms with E-state index in [9.17, 15) is 0 Å². The van der Waals surface area contributed by atoms with E-state index in [4.69, 9.17) is 29.9 Å². The second-order valence-electron chi connectivity index (χ2n) is 6.85. The SMILES string of the molecule is OCC1CCCC(CO)C1.OCCOC1CCC(OCCO)CC1. The molecule has 2 unspecified atom stereocenters. The predicted octanol–water partition coefficient (Wildman–Crippen LogP) is 1.09. The third kappa shape index (κ3) is 9.30. The van der Waals surface area contributed by atoms with Gasteiger partial charge in [0.05, 0.1) is 38.6 Å². The maximum absolute atomic E-state index is 8.82. The minimum absolute atomic E-state index is 0.0982. The lowest BCUT2D eigenvalue weighted by molar-refractivity contribution is -0.0442. The molecule has 2 saturated carbocycles. The Bertz CT molecular complexity index is 255. The van der Waals surface area contributed by atoms with Crippen LogP contribution in [0.25, 0.3) is 0 Å². The molecule has 2 aliphatic rings. The van der Waals surface area contributed by atoms with Crippen LogP contribution in [-0.4, -0.2) is 72.3 Å². The van der Waals surface area contributed by atoms with E-state index in [1.807, 2.05) is 0 Å². The highest BCUT2D eigenvalue weighted by Crippen LogP contribution is 2.27. The Kier molecular flexibility index (Phi) is 12.7. The molecular formula is C18H36O6. The van der Waals surface area contributed by atoms with Crippen LogP contribution in [0.3, 0.4) is 0 Å². The van der Waals surface area contributed by atoms with Crippen LogP contribution in [0.5, 0.6) is 0 Å². The van der Waals surface area contributed by atoms with E-state index in [1.54, 1.807) is 0 Å². The summed E-state index contributed by atoms with van der Waals surface area (Å²) >= 11 is 0. The van der Waals surface area contributed by atoms with Crippen molar-refractivity contribution in [3.63, 3.8) is 0 Å². The molecule has 0 aliphatic heterocycles. The van der Waals surface area contributed by atoms with Crippen molar-refractivity contribution in [1.82, 2.24) is 0 Å². The molecule has 0 spiro atoms. The number of hydrogen-bond donors (Lipinski definition) is 4. The molecule has 2 fully saturated rings. The summed E-state index contributed by atoms with van der Waals surface area (Å²) in [4.78, 5) is 0. The molecule has 2 aliphatic carbocycles. The minimum Gasteiger partial charge on any atom is -0.396 e. The van der Waals surface area contributed by atoms with Gasteiger partial charge in [0.1, 0.15) is 0 Å². The second kappa shape index (κ2) is 14.0. The van der Waals surface area contributed by atoms with Gasteiger partial charge in [0.15, 0.2) is 0 Å². The molecule has 2 rings (SSSR count). The van der Waals surface area contributed by atoms with Crippen LogP contribution in [0, 0.1) is 11.8 Å². The topological polar surface area (TPSA) is 99.4 Å². The first-order valence-corrected chi connectivity index (χ1v) is 9.40. The zero-order chi connectivity index (χ0) is 17.6. The van der Waals surface area contributed by atoms with E-state index in [0.717, 1.165) is 44.9 Å². The third-order valence-corrected chi connectivity index (χ3v) is 4.92. The van der Waals surface area contributed by atoms with Crippen LogP contribution in [0.2, 0.25) is 0 Å². The van der Waals surface area contributed by atoms with Gasteiger partial charge in [-0.25, -0.2) is 0 Å². The van der Waals surface area contributed by atoms with Crippen molar-refractivity contribution in [2.24, 2.45) is 11.8 Å². The van der Waals surface area contributed by atoms with Crippen LogP contribution >= 0.6 is 0 Å². The molecule has 0 amide bonds. The normalized spacial score (nSPS) is 30.5. The standard InChI is InChI=1S/C10H20O4.C8H16O2/c11-5-7-13-9-1-2-10(4-3-9)14-8-6-12;9-5-7-2-1-3-8(4-7)6-10/h9-12H,1-8H2;7-10H,1-6H2. The summed E-state index contributed by atoms with van der Waals surface area (Å²) < 4.78 is 10.9. The smallest absolute Gasteiger partial charge is 0.0701 e. The molecule has 2 atom stereocenters. The summed E-state index contributed by atoms with van der Waals surface area (Å²) in [6.07, 6.45) is 9.05. The first-order valence-electron chi connectivity index (χ1n) is 9.40. The van der Waals surface area contributed by atoms with Crippen molar-refractivity contribution in [2.75, 3.05) is 39.6 Å². The molecule has 0 aromatic heterocycles. The van der Waals surface area contributed by atoms with Gasteiger partial charge < -0.3 is 29.9 Å². The number of aliphatic hydroxyl groups is 4. The van der Waals surface area contributed by atoms with Gasteiger partial charge in [-0.15, -0.1) is 0 Å². The van der Waals surface area contributed by atoms with Crippen molar-refractivity contribution in [2.45, 2.75) is 63.6 Å². The minimum atomic E-state index is 0.0982. The van der Waals surface area contributed by atoms with E-state index < -0.39 is 0 Å². The fraction of sp³-hybridized carbons (Fsp3) is 1.00. The maximum Gasteiger partial charge on any atom is 0.0701 e. The summed E-state index contributed by atoms with van der Waals surface area (Å²) in [7, 11) is 0. The number of ether oxygens (including phenoxy) is 2. The van der Waals surface area contributed by atoms with Crippen LogP contribution in [0.4, 0.5) is 0 Å². The van der Waals surface area contributed by atoms with Crippen molar-refractivity contribution in [3.05, 3.63) is 0 Å². The Hall–Kier alpha value is -0.240. The highest BCUT2D eigenvalue weighted by molar-refractivity contribution is 4.73. The van der Waals surface area contributed by atoms with Crippen LogP contribution in [0.1, 0.15) is 51.4 Å². The molecule has 6 nitrogen and oxygen atoms in total. The third-order valence-electron chi connectivity index (χ3n) is 4.92. The summed E-state index contributed by atoms with van der Waals surface area (Å²) in [5.41, 5.74) is 0. The van der Waals surface area contributed by atoms with Gasteiger partial charge in [-0.2, -0.15) is 0 Å². The van der Waals surface area contributed by atoms with Crippen LogP contribution in [-0.2, 0) is 9.47 Å². The van der Waals surface area contributed by atoms with Gasteiger partial charge in [0, 0.05) is 13.2 Å². The summed E-state index contributed by atoms with van der Waals surface area (Å²) in [5, 5.41) is 34.8. The van der Waals surface area contributed by atoms with E-state index in [1.165, 1.54) is 6.42 Å². The molecule has 0 saturated heterocycles. The Labute approximate surface area is 145 Å². The van der Waals surface area contributed by atoms with E-state index >= 15 is 0 Å². The molecule has 0 radical (unpaired) electrons. The fourth-order valence-corrected chi connectivity index (χ4v) is 3.54. The Balaban J connectivity index is 0.000000254. The average Bonchev–Trinajstić information content (AvgIpc) is 2.66. The predicted molar refractivity (Wildman–Crippen MR) is 91.7 cm³/mol. The lowest BCUT2D eigenvalue weighted by Gasteiger charge is -2.28. The van der Waals surface area contributed by atoms with Gasteiger partial charge in [-0.1, -0.05) is 6.42 Å².